The number of nitrogens with one attached hydrogen (secondary N) is 1. The lowest BCUT2D eigenvalue weighted by molar-refractivity contribution is -0.142. The topological polar surface area (TPSA) is 28.7 Å². The first-order chi connectivity index (χ1) is 8.52. The van der Waals surface area contributed by atoms with E-state index in [1.807, 2.05) is 0 Å². The molecular weight excluding hydrogens is 241 g/mol. The molecule has 0 aliphatic heterocycles. The van der Waals surface area contributed by atoms with Crippen molar-refractivity contribution in [3.63, 3.8) is 0 Å². The molecule has 1 aromatic heterocycles. The highest BCUT2D eigenvalue weighted by Gasteiger charge is 2.48. The van der Waals surface area contributed by atoms with Crippen molar-refractivity contribution in [3.05, 3.63) is 17.0 Å². The summed E-state index contributed by atoms with van der Waals surface area (Å²) in [6.07, 6.45) is 0.891. The molecule has 5 heteroatoms. The van der Waals surface area contributed by atoms with Gasteiger partial charge in [0.2, 0.25) is 0 Å². The molecule has 2 nitrogen and oxygen atoms in total. The quantitative estimate of drug-likeness (QED) is 0.751. The maximum atomic E-state index is 13.0. The van der Waals surface area contributed by atoms with E-state index < -0.39 is 11.9 Å². The summed E-state index contributed by atoms with van der Waals surface area (Å²) in [4.78, 5) is 0. The Hall–Kier alpha value is -1.00. The number of aromatic nitrogens is 2. The summed E-state index contributed by atoms with van der Waals surface area (Å²) >= 11 is 0. The van der Waals surface area contributed by atoms with E-state index in [1.54, 1.807) is 0 Å². The van der Waals surface area contributed by atoms with Gasteiger partial charge in [0.25, 0.3) is 0 Å². The van der Waals surface area contributed by atoms with Crippen LogP contribution >= 0.6 is 0 Å². The number of halogens is 3. The summed E-state index contributed by atoms with van der Waals surface area (Å²) in [5, 5.41) is 6.30. The number of rotatable bonds is 0. The first-order valence-corrected chi connectivity index (χ1v) is 6.67. The Labute approximate surface area is 103 Å². The second kappa shape index (κ2) is 3.31. The van der Waals surface area contributed by atoms with Crippen LogP contribution in [0.3, 0.4) is 0 Å². The minimum absolute atomic E-state index is 0.0895. The first kappa shape index (κ1) is 10.9. The number of hydrogen-bond acceptors (Lipinski definition) is 1. The molecular formula is C13H15F3N2. The molecule has 2 fully saturated rings. The predicted octanol–water partition coefficient (Wildman–Crippen LogP) is 3.82. The van der Waals surface area contributed by atoms with Crippen LogP contribution in [0, 0.1) is 11.8 Å². The molecule has 0 aromatic carbocycles. The molecule has 5 rings (SSSR count). The molecule has 4 aliphatic rings. The summed E-state index contributed by atoms with van der Waals surface area (Å²) in [6.45, 7) is 0. The lowest BCUT2D eigenvalue weighted by atomic mass is 9.67. The van der Waals surface area contributed by atoms with E-state index >= 15 is 0 Å². The van der Waals surface area contributed by atoms with E-state index in [2.05, 4.69) is 10.2 Å². The lowest BCUT2D eigenvalue weighted by Gasteiger charge is -2.38. The van der Waals surface area contributed by atoms with Crippen LogP contribution in [0.5, 0.6) is 0 Å². The van der Waals surface area contributed by atoms with Gasteiger partial charge in [-0.25, -0.2) is 0 Å². The van der Waals surface area contributed by atoms with E-state index in [1.165, 1.54) is 6.42 Å². The van der Waals surface area contributed by atoms with Crippen LogP contribution in [0.1, 0.15) is 60.9 Å². The Morgan fingerprint density at radius 3 is 2.17 bits per heavy atom. The van der Waals surface area contributed by atoms with E-state index in [9.17, 15) is 13.2 Å². The maximum absolute atomic E-state index is 13.0. The number of hydrogen-bond donors (Lipinski definition) is 1. The molecule has 1 heterocycles. The SMILES string of the molecule is FC(F)(F)c1n[nH]c2c1C1CC3CC(CC2C3)C1. The van der Waals surface area contributed by atoms with Crippen LogP contribution in [0.25, 0.3) is 0 Å². The molecule has 1 aromatic rings. The minimum atomic E-state index is -4.31. The number of H-pyrrole nitrogens is 1. The monoisotopic (exact) mass is 256 g/mol. The first-order valence-electron chi connectivity index (χ1n) is 6.67. The van der Waals surface area contributed by atoms with E-state index in [-0.39, 0.29) is 5.92 Å². The Bertz CT molecular complexity index is 477. The molecule has 0 radical (unpaired) electrons. The third kappa shape index (κ3) is 1.39. The van der Waals surface area contributed by atoms with Crippen molar-refractivity contribution in [1.29, 1.82) is 0 Å². The molecule has 18 heavy (non-hydrogen) atoms. The van der Waals surface area contributed by atoms with E-state index in [0.717, 1.165) is 31.4 Å². The number of alkyl halides is 3. The molecule has 2 unspecified atom stereocenters. The Kier molecular flexibility index (Phi) is 2.00. The van der Waals surface area contributed by atoms with Crippen LogP contribution in [0.4, 0.5) is 13.2 Å². The van der Waals surface area contributed by atoms with Crippen LogP contribution in [-0.2, 0) is 6.18 Å². The van der Waals surface area contributed by atoms with Crippen molar-refractivity contribution in [2.45, 2.75) is 50.1 Å². The predicted molar refractivity (Wildman–Crippen MR) is 59.1 cm³/mol. The standard InChI is InChI=1S/C13H15F3N2/c14-13(15,16)12-10-8-2-6-1-7(3-8)5-9(4-6)11(10)17-18-12/h6-9H,1-5H2,(H,17,18). The molecule has 2 saturated carbocycles. The second-order valence-electron chi connectivity index (χ2n) is 6.20. The van der Waals surface area contributed by atoms with Crippen molar-refractivity contribution in [2.24, 2.45) is 11.8 Å². The highest BCUT2D eigenvalue weighted by molar-refractivity contribution is 5.37. The van der Waals surface area contributed by atoms with Crippen molar-refractivity contribution >= 4 is 0 Å². The van der Waals surface area contributed by atoms with Gasteiger partial charge in [-0.1, -0.05) is 0 Å². The van der Waals surface area contributed by atoms with Gasteiger partial charge in [-0.3, -0.25) is 5.10 Å². The fourth-order valence-corrected chi connectivity index (χ4v) is 4.63. The van der Waals surface area contributed by atoms with E-state index in [0.29, 0.717) is 23.3 Å². The fourth-order valence-electron chi connectivity index (χ4n) is 4.63. The largest absolute Gasteiger partial charge is 0.435 e. The van der Waals surface area contributed by atoms with Crippen LogP contribution in [-0.4, -0.2) is 10.2 Å². The summed E-state index contributed by atoms with van der Waals surface area (Å²) in [6, 6.07) is 0. The molecule has 98 valence electrons. The van der Waals surface area contributed by atoms with Crippen molar-refractivity contribution < 1.29 is 13.2 Å². The van der Waals surface area contributed by atoms with Gasteiger partial charge in [-0.05, 0) is 49.9 Å². The zero-order valence-electron chi connectivity index (χ0n) is 9.93. The average Bonchev–Trinajstić information content (AvgIpc) is 2.64. The maximum Gasteiger partial charge on any atom is 0.435 e. The van der Waals surface area contributed by atoms with Gasteiger partial charge >= 0.3 is 6.18 Å². The van der Waals surface area contributed by atoms with Crippen LogP contribution < -0.4 is 0 Å². The number of aromatic amines is 1. The normalized spacial score (nSPS) is 37.7. The zero-order valence-corrected chi connectivity index (χ0v) is 9.93. The van der Waals surface area contributed by atoms with Gasteiger partial charge in [0.05, 0.1) is 0 Å². The Morgan fingerprint density at radius 1 is 0.944 bits per heavy atom. The molecule has 4 aliphatic carbocycles. The summed E-state index contributed by atoms with van der Waals surface area (Å²) in [5.41, 5.74) is 0.671. The van der Waals surface area contributed by atoms with Crippen LogP contribution in [0.15, 0.2) is 0 Å². The average molecular weight is 256 g/mol. The summed E-state index contributed by atoms with van der Waals surface area (Å²) < 4.78 is 39.1. The van der Waals surface area contributed by atoms with Gasteiger partial charge in [-0.15, -0.1) is 0 Å². The smallest absolute Gasteiger partial charge is 0.281 e. The minimum Gasteiger partial charge on any atom is -0.281 e. The molecule has 1 N–H and O–H groups in total. The van der Waals surface area contributed by atoms with Gasteiger partial charge in [0, 0.05) is 17.2 Å². The van der Waals surface area contributed by atoms with Crippen molar-refractivity contribution in [2.75, 3.05) is 0 Å². The van der Waals surface area contributed by atoms with Crippen molar-refractivity contribution in [1.82, 2.24) is 10.2 Å². The molecule has 0 amide bonds. The van der Waals surface area contributed by atoms with Gasteiger partial charge in [-0.2, -0.15) is 18.3 Å². The highest BCUT2D eigenvalue weighted by Crippen LogP contribution is 2.57. The van der Waals surface area contributed by atoms with E-state index in [4.69, 9.17) is 0 Å². The van der Waals surface area contributed by atoms with Gasteiger partial charge in [0.1, 0.15) is 0 Å². The molecule has 0 spiro atoms. The highest BCUT2D eigenvalue weighted by atomic mass is 19.4. The van der Waals surface area contributed by atoms with Gasteiger partial charge < -0.3 is 0 Å². The Morgan fingerprint density at radius 2 is 1.56 bits per heavy atom. The third-order valence-corrected chi connectivity index (χ3v) is 5.06. The molecule has 2 atom stereocenters. The van der Waals surface area contributed by atoms with Crippen LogP contribution in [0.2, 0.25) is 0 Å². The number of nitrogens with zero attached hydrogens (tertiary/aromatic N) is 1. The summed E-state index contributed by atoms with van der Waals surface area (Å²) in [5.74, 6) is 1.65. The Balaban J connectivity index is 1.88. The zero-order chi connectivity index (χ0) is 12.5. The fraction of sp³-hybridized carbons (Fsp3) is 0.769. The van der Waals surface area contributed by atoms with Gasteiger partial charge in [0.15, 0.2) is 5.69 Å². The molecule has 0 saturated heterocycles. The summed E-state index contributed by atoms with van der Waals surface area (Å²) in [7, 11) is 0. The third-order valence-electron chi connectivity index (χ3n) is 5.06. The van der Waals surface area contributed by atoms with Crippen molar-refractivity contribution in [3.8, 4) is 0 Å². The second-order valence-corrected chi connectivity index (χ2v) is 6.20. The lowest BCUT2D eigenvalue weighted by Crippen LogP contribution is -2.26. The molecule has 4 bridgehead atoms.